The van der Waals surface area contributed by atoms with E-state index in [1.807, 2.05) is 6.07 Å². The highest BCUT2D eigenvalue weighted by Crippen LogP contribution is 2.26. The number of nitrogens with zero attached hydrogens (tertiary/aromatic N) is 1. The molecule has 1 aromatic carbocycles. The van der Waals surface area contributed by atoms with Gasteiger partial charge in [-0.25, -0.2) is 0 Å². The molecule has 0 radical (unpaired) electrons. The molecular formula is C15H21NO2. The zero-order valence-corrected chi connectivity index (χ0v) is 11.4. The second-order valence-corrected chi connectivity index (χ2v) is 4.43. The summed E-state index contributed by atoms with van der Waals surface area (Å²) in [6, 6.07) is 6.29. The zero-order valence-electron chi connectivity index (χ0n) is 11.4. The molecule has 18 heavy (non-hydrogen) atoms. The van der Waals surface area contributed by atoms with Crippen LogP contribution in [0.15, 0.2) is 24.4 Å². The third-order valence-electron chi connectivity index (χ3n) is 3.30. The number of hydrogen-bond donors (Lipinski definition) is 0. The third-order valence-corrected chi connectivity index (χ3v) is 3.30. The van der Waals surface area contributed by atoms with Gasteiger partial charge < -0.3 is 14.0 Å². The van der Waals surface area contributed by atoms with E-state index in [2.05, 4.69) is 29.8 Å². The fraction of sp³-hybridized carbons (Fsp3) is 0.467. The van der Waals surface area contributed by atoms with E-state index in [0.29, 0.717) is 0 Å². The lowest BCUT2D eigenvalue weighted by Crippen LogP contribution is -1.99. The van der Waals surface area contributed by atoms with E-state index < -0.39 is 0 Å². The Morgan fingerprint density at radius 2 is 2.06 bits per heavy atom. The fourth-order valence-corrected chi connectivity index (χ4v) is 2.32. The smallest absolute Gasteiger partial charge is 0.119 e. The molecule has 0 spiro atoms. The lowest BCUT2D eigenvalue weighted by molar-refractivity contribution is 0.190. The molecule has 2 rings (SSSR count). The van der Waals surface area contributed by atoms with Crippen molar-refractivity contribution in [3.05, 3.63) is 30.0 Å². The van der Waals surface area contributed by atoms with E-state index in [-0.39, 0.29) is 0 Å². The molecule has 2 aromatic rings. The Hall–Kier alpha value is -1.48. The summed E-state index contributed by atoms with van der Waals surface area (Å²) in [5.74, 6) is 0.923. The maximum Gasteiger partial charge on any atom is 0.119 e. The van der Waals surface area contributed by atoms with Gasteiger partial charge in [-0.1, -0.05) is 6.92 Å². The average Bonchev–Trinajstić information content (AvgIpc) is 2.76. The SMILES string of the molecule is CCc1cn(CCCOC)c2ccc(OC)cc12. The van der Waals surface area contributed by atoms with Crippen molar-refractivity contribution < 1.29 is 9.47 Å². The summed E-state index contributed by atoms with van der Waals surface area (Å²) < 4.78 is 12.7. The quantitative estimate of drug-likeness (QED) is 0.731. The van der Waals surface area contributed by atoms with Gasteiger partial charge in [-0.05, 0) is 36.6 Å². The molecule has 0 aliphatic carbocycles. The van der Waals surface area contributed by atoms with Crippen LogP contribution in [0.4, 0.5) is 0 Å². The van der Waals surface area contributed by atoms with Crippen molar-refractivity contribution in [2.75, 3.05) is 20.8 Å². The van der Waals surface area contributed by atoms with Gasteiger partial charge in [-0.2, -0.15) is 0 Å². The molecule has 0 aliphatic rings. The molecule has 0 unspecified atom stereocenters. The van der Waals surface area contributed by atoms with Crippen molar-refractivity contribution in [2.45, 2.75) is 26.3 Å². The Morgan fingerprint density at radius 3 is 2.72 bits per heavy atom. The van der Waals surface area contributed by atoms with Crippen molar-refractivity contribution >= 4 is 10.9 Å². The van der Waals surface area contributed by atoms with Gasteiger partial charge in [-0.3, -0.25) is 0 Å². The first-order valence-corrected chi connectivity index (χ1v) is 6.44. The monoisotopic (exact) mass is 247 g/mol. The van der Waals surface area contributed by atoms with Crippen molar-refractivity contribution in [1.29, 1.82) is 0 Å². The van der Waals surface area contributed by atoms with Crippen LogP contribution in [0, 0.1) is 0 Å². The van der Waals surface area contributed by atoms with E-state index in [4.69, 9.17) is 9.47 Å². The predicted octanol–water partition coefficient (Wildman–Crippen LogP) is 3.25. The van der Waals surface area contributed by atoms with E-state index in [0.717, 1.165) is 31.7 Å². The molecule has 0 aliphatic heterocycles. The van der Waals surface area contributed by atoms with Gasteiger partial charge in [0.1, 0.15) is 5.75 Å². The van der Waals surface area contributed by atoms with Gasteiger partial charge in [0.25, 0.3) is 0 Å². The van der Waals surface area contributed by atoms with Crippen LogP contribution in [0.1, 0.15) is 18.9 Å². The number of rotatable bonds is 6. The summed E-state index contributed by atoms with van der Waals surface area (Å²) in [6.07, 6.45) is 4.33. The Labute approximate surface area is 108 Å². The molecule has 0 atom stereocenters. The number of aromatic nitrogens is 1. The van der Waals surface area contributed by atoms with E-state index in [1.165, 1.54) is 16.5 Å². The Kier molecular flexibility index (Phi) is 4.26. The van der Waals surface area contributed by atoms with Gasteiger partial charge in [0.2, 0.25) is 0 Å². The predicted molar refractivity (Wildman–Crippen MR) is 74.4 cm³/mol. The second-order valence-electron chi connectivity index (χ2n) is 4.43. The Balaban J connectivity index is 2.36. The summed E-state index contributed by atoms with van der Waals surface area (Å²) in [4.78, 5) is 0. The first-order chi connectivity index (χ1) is 8.80. The number of methoxy groups -OCH3 is 2. The fourth-order valence-electron chi connectivity index (χ4n) is 2.32. The molecule has 0 N–H and O–H groups in total. The summed E-state index contributed by atoms with van der Waals surface area (Å²) in [5, 5.41) is 1.30. The van der Waals surface area contributed by atoms with Crippen LogP contribution in [0.3, 0.4) is 0 Å². The minimum Gasteiger partial charge on any atom is -0.497 e. The van der Waals surface area contributed by atoms with Gasteiger partial charge in [0.05, 0.1) is 7.11 Å². The summed E-state index contributed by atoms with van der Waals surface area (Å²) in [5.41, 5.74) is 2.66. The number of fused-ring (bicyclic) bond motifs is 1. The summed E-state index contributed by atoms with van der Waals surface area (Å²) in [7, 11) is 3.46. The molecule has 0 bridgehead atoms. The summed E-state index contributed by atoms with van der Waals surface area (Å²) in [6.45, 7) is 3.99. The molecule has 3 heteroatoms. The van der Waals surface area contributed by atoms with E-state index in [1.54, 1.807) is 14.2 Å². The molecule has 3 nitrogen and oxygen atoms in total. The first kappa shape index (κ1) is 13.0. The van der Waals surface area contributed by atoms with Crippen molar-refractivity contribution in [3.8, 4) is 5.75 Å². The van der Waals surface area contributed by atoms with Crippen molar-refractivity contribution in [3.63, 3.8) is 0 Å². The minimum absolute atomic E-state index is 0.803. The van der Waals surface area contributed by atoms with Crippen LogP contribution in [0.2, 0.25) is 0 Å². The van der Waals surface area contributed by atoms with Crippen LogP contribution in [-0.4, -0.2) is 25.4 Å². The van der Waals surface area contributed by atoms with Crippen LogP contribution < -0.4 is 4.74 Å². The molecular weight excluding hydrogens is 226 g/mol. The van der Waals surface area contributed by atoms with Crippen LogP contribution in [0.25, 0.3) is 10.9 Å². The number of aryl methyl sites for hydroxylation is 2. The Bertz CT molecular complexity index is 516. The number of hydrogen-bond acceptors (Lipinski definition) is 2. The zero-order chi connectivity index (χ0) is 13.0. The van der Waals surface area contributed by atoms with E-state index in [9.17, 15) is 0 Å². The minimum atomic E-state index is 0.803. The second kappa shape index (κ2) is 5.91. The van der Waals surface area contributed by atoms with Gasteiger partial charge >= 0.3 is 0 Å². The molecule has 1 heterocycles. The number of benzene rings is 1. The normalized spacial score (nSPS) is 11.1. The van der Waals surface area contributed by atoms with Gasteiger partial charge in [0.15, 0.2) is 0 Å². The van der Waals surface area contributed by atoms with Crippen LogP contribution >= 0.6 is 0 Å². The highest BCUT2D eigenvalue weighted by molar-refractivity contribution is 5.85. The van der Waals surface area contributed by atoms with Crippen molar-refractivity contribution in [1.82, 2.24) is 4.57 Å². The maximum absolute atomic E-state index is 5.30. The standard InChI is InChI=1S/C15H21NO2/c1-4-12-11-16(8-5-9-17-2)15-7-6-13(18-3)10-14(12)15/h6-7,10-11H,4-5,8-9H2,1-3H3. The highest BCUT2D eigenvalue weighted by atomic mass is 16.5. The topological polar surface area (TPSA) is 23.4 Å². The van der Waals surface area contributed by atoms with Crippen LogP contribution in [-0.2, 0) is 17.7 Å². The lowest BCUT2D eigenvalue weighted by Gasteiger charge is -2.05. The van der Waals surface area contributed by atoms with Crippen molar-refractivity contribution in [2.24, 2.45) is 0 Å². The molecule has 1 aromatic heterocycles. The molecule has 98 valence electrons. The molecule has 0 amide bonds. The average molecular weight is 247 g/mol. The van der Waals surface area contributed by atoms with E-state index >= 15 is 0 Å². The highest BCUT2D eigenvalue weighted by Gasteiger charge is 2.08. The van der Waals surface area contributed by atoms with Gasteiger partial charge in [-0.15, -0.1) is 0 Å². The first-order valence-electron chi connectivity index (χ1n) is 6.44. The molecule has 0 saturated carbocycles. The number of ether oxygens (including phenoxy) is 2. The largest absolute Gasteiger partial charge is 0.497 e. The van der Waals surface area contributed by atoms with Gasteiger partial charge in [0, 0.05) is 37.4 Å². The molecule has 0 saturated heterocycles. The Morgan fingerprint density at radius 1 is 1.22 bits per heavy atom. The third kappa shape index (κ3) is 2.51. The maximum atomic E-state index is 5.30. The molecule has 0 fully saturated rings. The lowest BCUT2D eigenvalue weighted by atomic mass is 10.1. The summed E-state index contributed by atoms with van der Waals surface area (Å²) >= 11 is 0. The van der Waals surface area contributed by atoms with Crippen LogP contribution in [0.5, 0.6) is 5.75 Å².